The summed E-state index contributed by atoms with van der Waals surface area (Å²) in [6.07, 6.45) is 0. The Balaban J connectivity index is 1.92. The van der Waals surface area contributed by atoms with Crippen molar-refractivity contribution in [2.45, 2.75) is 13.8 Å². The van der Waals surface area contributed by atoms with Crippen LogP contribution in [0.5, 0.6) is 11.5 Å². The van der Waals surface area contributed by atoms with Gasteiger partial charge in [0.1, 0.15) is 6.61 Å². The number of ether oxygens (including phenoxy) is 2. The fourth-order valence-corrected chi connectivity index (χ4v) is 1.86. The number of hydrogen-bond acceptors (Lipinski definition) is 5. The number of para-hydroxylation sites is 2. The van der Waals surface area contributed by atoms with Gasteiger partial charge in [0.05, 0.1) is 19.3 Å². The maximum atomic E-state index is 5.76. The molecule has 0 aliphatic heterocycles. The van der Waals surface area contributed by atoms with E-state index in [1.165, 1.54) is 0 Å². The van der Waals surface area contributed by atoms with Gasteiger partial charge in [-0.1, -0.05) is 12.1 Å². The molecule has 1 aromatic carbocycles. The van der Waals surface area contributed by atoms with Gasteiger partial charge in [0.25, 0.3) is 0 Å². The van der Waals surface area contributed by atoms with E-state index in [0.717, 1.165) is 35.1 Å². The minimum atomic E-state index is 0.547. The third-order valence-corrected chi connectivity index (χ3v) is 3.36. The monoisotopic (exact) mass is 287 g/mol. The number of likely N-dealkylation sites (N-methyl/N-ethyl adjacent to an activating group) is 1. The van der Waals surface area contributed by atoms with Gasteiger partial charge >= 0.3 is 0 Å². The summed E-state index contributed by atoms with van der Waals surface area (Å²) in [7, 11) is 3.61. The van der Waals surface area contributed by atoms with Crippen molar-refractivity contribution in [3.63, 3.8) is 0 Å². The number of methoxy groups -OCH3 is 1. The zero-order chi connectivity index (χ0) is 15.2. The molecule has 2 rings (SSSR count). The topological polar surface area (TPSA) is 47.5 Å². The molecule has 0 saturated heterocycles. The molecule has 112 valence electrons. The highest BCUT2D eigenvalue weighted by Gasteiger charge is 2.07. The first-order valence-electron chi connectivity index (χ1n) is 6.89. The summed E-state index contributed by atoms with van der Waals surface area (Å²) in [6.45, 7) is 5.25. The van der Waals surface area contributed by atoms with Gasteiger partial charge in [-0.25, -0.2) is 0 Å². The predicted octanol–water partition coefficient (Wildman–Crippen LogP) is 2.62. The molecule has 5 heteroatoms. The Morgan fingerprint density at radius 3 is 2.48 bits per heavy atom. The summed E-state index contributed by atoms with van der Waals surface area (Å²) in [6, 6.07) is 9.66. The van der Waals surface area contributed by atoms with E-state index in [0.29, 0.717) is 6.61 Å². The van der Waals surface area contributed by atoms with E-state index in [4.69, 9.17) is 9.47 Å². The van der Waals surface area contributed by atoms with Crippen molar-refractivity contribution in [2.24, 2.45) is 0 Å². The van der Waals surface area contributed by atoms with E-state index in [2.05, 4.69) is 10.2 Å². The normalized spacial score (nSPS) is 10.3. The van der Waals surface area contributed by atoms with Gasteiger partial charge in [-0.05, 0) is 37.6 Å². The first-order chi connectivity index (χ1) is 10.1. The molecule has 0 spiro atoms. The highest BCUT2D eigenvalue weighted by atomic mass is 16.5. The second kappa shape index (κ2) is 6.92. The Bertz CT molecular complexity index is 602. The summed E-state index contributed by atoms with van der Waals surface area (Å²) in [4.78, 5) is 2.02. The number of aryl methyl sites for hydroxylation is 2. The summed E-state index contributed by atoms with van der Waals surface area (Å²) in [5.41, 5.74) is 2.09. The molecule has 0 aliphatic carbocycles. The van der Waals surface area contributed by atoms with E-state index in [1.807, 2.05) is 56.1 Å². The minimum absolute atomic E-state index is 0.547. The Morgan fingerprint density at radius 2 is 1.81 bits per heavy atom. The van der Waals surface area contributed by atoms with E-state index in [9.17, 15) is 0 Å². The van der Waals surface area contributed by atoms with Crippen LogP contribution in [0.2, 0.25) is 0 Å². The second-order valence-electron chi connectivity index (χ2n) is 4.89. The van der Waals surface area contributed by atoms with Crippen molar-refractivity contribution in [3.8, 4) is 11.5 Å². The highest BCUT2D eigenvalue weighted by Crippen LogP contribution is 2.25. The standard InChI is InChI=1S/C16H21N3O2/c1-12-11-16(18-17-13(12)2)19(3)9-10-21-15-8-6-5-7-14(15)20-4/h5-8,11H,9-10H2,1-4H3. The van der Waals surface area contributed by atoms with Crippen molar-refractivity contribution < 1.29 is 9.47 Å². The molecule has 0 saturated carbocycles. The lowest BCUT2D eigenvalue weighted by Gasteiger charge is -2.19. The molecule has 0 radical (unpaired) electrons. The van der Waals surface area contributed by atoms with Crippen molar-refractivity contribution >= 4 is 5.82 Å². The quantitative estimate of drug-likeness (QED) is 0.817. The molecule has 1 aromatic heterocycles. The average Bonchev–Trinajstić information content (AvgIpc) is 2.50. The van der Waals surface area contributed by atoms with Crippen LogP contribution in [0.15, 0.2) is 30.3 Å². The third-order valence-electron chi connectivity index (χ3n) is 3.36. The molecule has 2 aromatic rings. The number of rotatable bonds is 6. The van der Waals surface area contributed by atoms with Crippen molar-refractivity contribution in [1.82, 2.24) is 10.2 Å². The molecule has 5 nitrogen and oxygen atoms in total. The molecule has 1 heterocycles. The number of hydrogen-bond donors (Lipinski definition) is 0. The van der Waals surface area contributed by atoms with E-state index >= 15 is 0 Å². The lowest BCUT2D eigenvalue weighted by Crippen LogP contribution is -2.25. The molecule has 0 bridgehead atoms. The third kappa shape index (κ3) is 3.84. The van der Waals surface area contributed by atoms with Gasteiger partial charge < -0.3 is 14.4 Å². The molecule has 0 unspecified atom stereocenters. The van der Waals surface area contributed by atoms with E-state index < -0.39 is 0 Å². The highest BCUT2D eigenvalue weighted by molar-refractivity contribution is 5.41. The van der Waals surface area contributed by atoms with Crippen LogP contribution in [0, 0.1) is 13.8 Å². The van der Waals surface area contributed by atoms with E-state index in [-0.39, 0.29) is 0 Å². The van der Waals surface area contributed by atoms with Crippen LogP contribution < -0.4 is 14.4 Å². The zero-order valence-electron chi connectivity index (χ0n) is 13.0. The molecular weight excluding hydrogens is 266 g/mol. The Morgan fingerprint density at radius 1 is 1.10 bits per heavy atom. The summed E-state index contributed by atoms with van der Waals surface area (Å²) in [5.74, 6) is 2.34. The maximum absolute atomic E-state index is 5.76. The SMILES string of the molecule is COc1ccccc1OCCN(C)c1cc(C)c(C)nn1. The number of anilines is 1. The van der Waals surface area contributed by atoms with Crippen LogP contribution in [0.1, 0.15) is 11.3 Å². The predicted molar refractivity (Wildman–Crippen MR) is 83.3 cm³/mol. The molecular formula is C16H21N3O2. The molecule has 0 fully saturated rings. The molecule has 0 amide bonds. The number of benzene rings is 1. The summed E-state index contributed by atoms with van der Waals surface area (Å²) in [5, 5.41) is 8.33. The molecule has 0 atom stereocenters. The Hall–Kier alpha value is -2.30. The van der Waals surface area contributed by atoms with Crippen molar-refractivity contribution in [1.29, 1.82) is 0 Å². The van der Waals surface area contributed by atoms with Crippen LogP contribution in [0.4, 0.5) is 5.82 Å². The van der Waals surface area contributed by atoms with Crippen molar-refractivity contribution in [3.05, 3.63) is 41.6 Å². The fourth-order valence-electron chi connectivity index (χ4n) is 1.86. The zero-order valence-corrected chi connectivity index (χ0v) is 13.0. The van der Waals surface area contributed by atoms with Gasteiger partial charge in [-0.15, -0.1) is 5.10 Å². The average molecular weight is 287 g/mol. The van der Waals surface area contributed by atoms with Crippen molar-refractivity contribution in [2.75, 3.05) is 32.2 Å². The minimum Gasteiger partial charge on any atom is -0.493 e. The number of aromatic nitrogens is 2. The molecule has 0 aliphatic rings. The van der Waals surface area contributed by atoms with Crippen LogP contribution in [0.3, 0.4) is 0 Å². The van der Waals surface area contributed by atoms with Crippen LogP contribution in [-0.4, -0.2) is 37.5 Å². The maximum Gasteiger partial charge on any atom is 0.161 e. The fraction of sp³-hybridized carbons (Fsp3) is 0.375. The van der Waals surface area contributed by atoms with Crippen LogP contribution in [-0.2, 0) is 0 Å². The first kappa shape index (κ1) is 15.1. The first-order valence-corrected chi connectivity index (χ1v) is 6.89. The Kier molecular flexibility index (Phi) is 4.98. The van der Waals surface area contributed by atoms with E-state index in [1.54, 1.807) is 7.11 Å². The summed E-state index contributed by atoms with van der Waals surface area (Å²) >= 11 is 0. The lowest BCUT2D eigenvalue weighted by atomic mass is 10.2. The molecule has 0 N–H and O–H groups in total. The lowest BCUT2D eigenvalue weighted by molar-refractivity contribution is 0.300. The van der Waals surface area contributed by atoms with Gasteiger partial charge in [-0.3, -0.25) is 0 Å². The second-order valence-corrected chi connectivity index (χ2v) is 4.89. The number of nitrogens with zero attached hydrogens (tertiary/aromatic N) is 3. The smallest absolute Gasteiger partial charge is 0.161 e. The molecule has 21 heavy (non-hydrogen) atoms. The van der Waals surface area contributed by atoms with Crippen LogP contribution >= 0.6 is 0 Å². The summed E-state index contributed by atoms with van der Waals surface area (Å²) < 4.78 is 11.0. The van der Waals surface area contributed by atoms with Crippen LogP contribution in [0.25, 0.3) is 0 Å². The largest absolute Gasteiger partial charge is 0.493 e. The van der Waals surface area contributed by atoms with Gasteiger partial charge in [0.15, 0.2) is 17.3 Å². The van der Waals surface area contributed by atoms with Gasteiger partial charge in [0.2, 0.25) is 0 Å². The van der Waals surface area contributed by atoms with Gasteiger partial charge in [-0.2, -0.15) is 5.10 Å². The Labute approximate surface area is 125 Å². The van der Waals surface area contributed by atoms with Gasteiger partial charge in [0, 0.05) is 7.05 Å².